The van der Waals surface area contributed by atoms with Crippen LogP contribution < -0.4 is 4.74 Å². The van der Waals surface area contributed by atoms with Gasteiger partial charge < -0.3 is 4.74 Å². The second-order valence-corrected chi connectivity index (χ2v) is 4.02. The number of ether oxygens (including phenoxy) is 1. The molecule has 1 nitrogen and oxygen atoms in total. The maximum Gasteiger partial charge on any atom is 0.120 e. The predicted molar refractivity (Wildman–Crippen MR) is 63.1 cm³/mol. The number of hydrogen-bond acceptors (Lipinski definition) is 2. The van der Waals surface area contributed by atoms with Crippen LogP contribution in [0.4, 0.5) is 0 Å². The van der Waals surface area contributed by atoms with E-state index in [0.29, 0.717) is 0 Å². The first-order chi connectivity index (χ1) is 6.77. The molecule has 0 amide bonds. The predicted octanol–water partition coefficient (Wildman–Crippen LogP) is 3.77. The van der Waals surface area contributed by atoms with Crippen LogP contribution in [-0.4, -0.2) is 12.9 Å². The van der Waals surface area contributed by atoms with Gasteiger partial charge in [0.1, 0.15) is 5.75 Å². The molecular formula is C12H17OS. The second kappa shape index (κ2) is 5.97. The van der Waals surface area contributed by atoms with Crippen LogP contribution in [-0.2, 0) is 0 Å². The first-order valence-electron chi connectivity index (χ1n) is 4.90. The summed E-state index contributed by atoms with van der Waals surface area (Å²) < 4.78 is 5.60. The lowest BCUT2D eigenvalue weighted by molar-refractivity contribution is 0.308. The highest BCUT2D eigenvalue weighted by Gasteiger charge is 1.99. The van der Waals surface area contributed by atoms with Crippen molar-refractivity contribution in [1.82, 2.24) is 0 Å². The Morgan fingerprint density at radius 3 is 2.86 bits per heavy atom. The Morgan fingerprint density at radius 2 is 2.21 bits per heavy atom. The quantitative estimate of drug-likeness (QED) is 0.539. The van der Waals surface area contributed by atoms with Crippen molar-refractivity contribution in [2.24, 2.45) is 0 Å². The molecule has 1 rings (SSSR count). The third-order valence-electron chi connectivity index (χ3n) is 2.03. The van der Waals surface area contributed by atoms with Gasteiger partial charge >= 0.3 is 0 Å². The van der Waals surface area contributed by atoms with Gasteiger partial charge in [-0.1, -0.05) is 19.4 Å². The molecule has 0 unspecified atom stereocenters. The molecule has 1 radical (unpaired) electrons. The molecular weight excluding hydrogens is 192 g/mol. The Morgan fingerprint density at radius 1 is 1.43 bits per heavy atom. The number of unbranched alkanes of at least 4 members (excludes halogenated alkanes) is 1. The molecule has 0 N–H and O–H groups in total. The first-order valence-corrected chi connectivity index (χ1v) is 6.13. The van der Waals surface area contributed by atoms with E-state index in [4.69, 9.17) is 4.74 Å². The minimum atomic E-state index is 0.806. The van der Waals surface area contributed by atoms with Crippen molar-refractivity contribution in [3.8, 4) is 5.75 Å². The molecule has 0 saturated carbocycles. The summed E-state index contributed by atoms with van der Waals surface area (Å²) in [4.78, 5) is 1.19. The summed E-state index contributed by atoms with van der Waals surface area (Å²) in [7, 11) is 0. The molecule has 77 valence electrons. The normalized spacial score (nSPS) is 10.2. The van der Waals surface area contributed by atoms with Gasteiger partial charge in [0, 0.05) is 4.90 Å². The van der Waals surface area contributed by atoms with E-state index in [1.165, 1.54) is 11.3 Å². The van der Waals surface area contributed by atoms with Crippen molar-refractivity contribution in [1.29, 1.82) is 0 Å². The Kier molecular flexibility index (Phi) is 4.88. The Bertz CT molecular complexity index is 284. The lowest BCUT2D eigenvalue weighted by atomic mass is 10.2. The zero-order valence-electron chi connectivity index (χ0n) is 8.88. The maximum absolute atomic E-state index is 5.60. The Hall–Kier alpha value is -0.630. The van der Waals surface area contributed by atoms with Gasteiger partial charge in [-0.2, -0.15) is 0 Å². The van der Waals surface area contributed by atoms with E-state index in [1.807, 2.05) is 12.1 Å². The molecule has 0 saturated heterocycles. The van der Waals surface area contributed by atoms with Gasteiger partial charge in [0.25, 0.3) is 0 Å². The van der Waals surface area contributed by atoms with Crippen LogP contribution in [0.2, 0.25) is 0 Å². The fourth-order valence-corrected chi connectivity index (χ4v) is 1.71. The van der Waals surface area contributed by atoms with Gasteiger partial charge in [-0.15, -0.1) is 11.8 Å². The van der Waals surface area contributed by atoms with E-state index >= 15 is 0 Å². The summed E-state index contributed by atoms with van der Waals surface area (Å²) >= 11 is 1.71. The van der Waals surface area contributed by atoms with Crippen LogP contribution in [0.3, 0.4) is 0 Å². The van der Waals surface area contributed by atoms with E-state index in [0.717, 1.165) is 24.3 Å². The molecule has 0 fully saturated rings. The van der Waals surface area contributed by atoms with E-state index in [2.05, 4.69) is 26.2 Å². The van der Waals surface area contributed by atoms with Crippen LogP contribution >= 0.6 is 11.8 Å². The fourth-order valence-electron chi connectivity index (χ4n) is 1.15. The monoisotopic (exact) mass is 209 g/mol. The number of hydrogen-bond donors (Lipinski definition) is 0. The van der Waals surface area contributed by atoms with E-state index in [9.17, 15) is 0 Å². The van der Waals surface area contributed by atoms with Gasteiger partial charge in [-0.25, -0.2) is 0 Å². The molecule has 0 aromatic heterocycles. The minimum Gasteiger partial charge on any atom is -0.494 e. The van der Waals surface area contributed by atoms with E-state index in [-0.39, 0.29) is 0 Å². The lowest BCUT2D eigenvalue weighted by Gasteiger charge is -2.08. The average molecular weight is 209 g/mol. The van der Waals surface area contributed by atoms with Crippen LogP contribution in [0, 0.1) is 6.92 Å². The summed E-state index contributed by atoms with van der Waals surface area (Å²) in [5.41, 5.74) is 1.07. The first kappa shape index (κ1) is 11.4. The van der Waals surface area contributed by atoms with Crippen molar-refractivity contribution >= 4 is 11.8 Å². The third-order valence-corrected chi connectivity index (χ3v) is 2.85. The van der Waals surface area contributed by atoms with Crippen LogP contribution in [0.1, 0.15) is 25.3 Å². The molecule has 1 aromatic carbocycles. The number of benzene rings is 1. The van der Waals surface area contributed by atoms with Gasteiger partial charge in [0.2, 0.25) is 0 Å². The van der Waals surface area contributed by atoms with E-state index in [1.54, 1.807) is 11.8 Å². The summed E-state index contributed by atoms with van der Waals surface area (Å²) in [6.07, 6.45) is 4.34. The molecule has 1 aromatic rings. The van der Waals surface area contributed by atoms with Gasteiger partial charge in [0.05, 0.1) is 6.61 Å². The lowest BCUT2D eigenvalue weighted by Crippen LogP contribution is -1.96. The number of thioether (sulfide) groups is 1. The summed E-state index contributed by atoms with van der Waals surface area (Å²) in [5, 5.41) is 0. The zero-order chi connectivity index (χ0) is 10.4. The summed E-state index contributed by atoms with van der Waals surface area (Å²) in [6, 6.07) is 6.05. The summed E-state index contributed by atoms with van der Waals surface area (Å²) in [6.45, 7) is 6.92. The molecule has 0 bridgehead atoms. The van der Waals surface area contributed by atoms with Crippen LogP contribution in [0.5, 0.6) is 5.75 Å². The Balaban J connectivity index is 2.60. The number of rotatable bonds is 5. The topological polar surface area (TPSA) is 9.23 Å². The molecule has 0 heterocycles. The third kappa shape index (κ3) is 3.26. The zero-order valence-corrected chi connectivity index (χ0v) is 9.69. The maximum atomic E-state index is 5.60. The smallest absolute Gasteiger partial charge is 0.120 e. The van der Waals surface area contributed by atoms with Gasteiger partial charge in [0.15, 0.2) is 0 Å². The Labute approximate surface area is 90.9 Å². The molecule has 0 aliphatic rings. The fraction of sp³-hybridized carbons (Fsp3) is 0.417. The largest absolute Gasteiger partial charge is 0.494 e. The highest BCUT2D eigenvalue weighted by Crippen LogP contribution is 2.24. The highest BCUT2D eigenvalue weighted by molar-refractivity contribution is 7.98. The molecule has 14 heavy (non-hydrogen) atoms. The van der Waals surface area contributed by atoms with E-state index < -0.39 is 0 Å². The molecule has 0 aliphatic heterocycles. The van der Waals surface area contributed by atoms with Crippen LogP contribution in [0.15, 0.2) is 23.1 Å². The second-order valence-electron chi connectivity index (χ2n) is 3.18. The van der Waals surface area contributed by atoms with Gasteiger partial charge in [-0.05, 0) is 37.3 Å². The van der Waals surface area contributed by atoms with Crippen molar-refractivity contribution < 1.29 is 4.74 Å². The van der Waals surface area contributed by atoms with Crippen LogP contribution in [0.25, 0.3) is 0 Å². The molecule has 0 spiro atoms. The van der Waals surface area contributed by atoms with Crippen molar-refractivity contribution in [3.05, 3.63) is 30.7 Å². The van der Waals surface area contributed by atoms with Gasteiger partial charge in [-0.3, -0.25) is 0 Å². The van der Waals surface area contributed by atoms with Crippen molar-refractivity contribution in [2.45, 2.75) is 24.7 Å². The summed E-state index contributed by atoms with van der Waals surface area (Å²) in [5.74, 6) is 0.954. The van der Waals surface area contributed by atoms with Crippen molar-refractivity contribution in [2.75, 3.05) is 12.9 Å². The average Bonchev–Trinajstić information content (AvgIpc) is 2.21. The standard InChI is InChI=1S/C12H17OS/c1-4-5-8-13-11-7-6-10(2)12(9-11)14-3/h6-7,9H,2,4-5,8H2,1,3H3. The highest BCUT2D eigenvalue weighted by atomic mass is 32.2. The molecule has 2 heteroatoms. The SMILES string of the molecule is [CH2]c1ccc(OCCCC)cc1SC. The molecule has 0 atom stereocenters. The van der Waals surface area contributed by atoms with Crippen molar-refractivity contribution in [3.63, 3.8) is 0 Å². The minimum absolute atomic E-state index is 0.806. The molecule has 0 aliphatic carbocycles.